The zero-order valence-electron chi connectivity index (χ0n) is 11.6. The molecule has 20 heavy (non-hydrogen) atoms. The van der Waals surface area contributed by atoms with Crippen LogP contribution in [0.4, 0.5) is 0 Å². The van der Waals surface area contributed by atoms with Crippen molar-refractivity contribution in [1.29, 1.82) is 0 Å². The number of ether oxygens (including phenoxy) is 1. The second-order valence-electron chi connectivity index (χ2n) is 5.71. The van der Waals surface area contributed by atoms with Gasteiger partial charge < -0.3 is 15.0 Å². The minimum absolute atomic E-state index is 0.0810. The quantitative estimate of drug-likeness (QED) is 0.891. The molecule has 1 atom stereocenters. The van der Waals surface area contributed by atoms with Crippen LogP contribution in [-0.2, 0) is 4.74 Å². The van der Waals surface area contributed by atoms with E-state index in [1.54, 1.807) is 12.3 Å². The summed E-state index contributed by atoms with van der Waals surface area (Å²) in [6, 6.07) is 1.80. The zero-order valence-corrected chi connectivity index (χ0v) is 11.6. The second-order valence-corrected chi connectivity index (χ2v) is 5.71. The lowest BCUT2D eigenvalue weighted by Gasteiger charge is -2.19. The lowest BCUT2D eigenvalue weighted by molar-refractivity contribution is -0.0138. The third-order valence-electron chi connectivity index (χ3n) is 3.61. The summed E-state index contributed by atoms with van der Waals surface area (Å²) in [6.07, 6.45) is 5.21. The predicted octanol–water partition coefficient (Wildman–Crippen LogP) is 1.65. The molecule has 0 radical (unpaired) electrons. The van der Waals surface area contributed by atoms with E-state index in [4.69, 9.17) is 4.74 Å². The van der Waals surface area contributed by atoms with Gasteiger partial charge in [-0.15, -0.1) is 0 Å². The van der Waals surface area contributed by atoms with E-state index in [2.05, 4.69) is 34.1 Å². The normalized spacial score (nSPS) is 21.2. The minimum atomic E-state index is -0.190. The van der Waals surface area contributed by atoms with E-state index in [1.807, 2.05) is 0 Å². The topological polar surface area (TPSA) is 79.9 Å². The number of carbonyl (C=O) groups is 1. The molecule has 2 N–H and O–H groups in total. The lowest BCUT2D eigenvalue weighted by atomic mass is 10.1. The van der Waals surface area contributed by atoms with Gasteiger partial charge in [0.15, 0.2) is 0 Å². The molecule has 6 nitrogen and oxygen atoms in total. The fraction of sp³-hybridized carbons (Fsp3) is 0.500. The Labute approximate surface area is 117 Å². The molecular formula is C14H18N4O2. The smallest absolute Gasteiger partial charge is 0.270 e. The number of rotatable bonds is 3. The number of nitrogens with one attached hydrogen (secondary N) is 2. The molecular weight excluding hydrogens is 256 g/mol. The van der Waals surface area contributed by atoms with E-state index >= 15 is 0 Å². The van der Waals surface area contributed by atoms with Crippen molar-refractivity contribution in [2.24, 2.45) is 0 Å². The highest BCUT2D eigenvalue weighted by Crippen LogP contribution is 2.28. The number of hydrogen-bond donors (Lipinski definition) is 2. The lowest BCUT2D eigenvalue weighted by Crippen LogP contribution is -2.34. The molecule has 0 spiro atoms. The Bertz CT molecular complexity index is 635. The molecule has 1 amide bonds. The van der Waals surface area contributed by atoms with Gasteiger partial charge in [-0.05, 0) is 32.8 Å². The fourth-order valence-corrected chi connectivity index (χ4v) is 2.56. The SMILES string of the molecule is CC1(C)CCC(CNC(=O)c2ncnc3[nH]ccc23)O1. The number of aromatic nitrogens is 3. The van der Waals surface area contributed by atoms with Gasteiger partial charge in [-0.2, -0.15) is 0 Å². The molecule has 6 heteroatoms. The molecule has 0 saturated carbocycles. The molecule has 0 aliphatic carbocycles. The number of nitrogens with zero attached hydrogens (tertiary/aromatic N) is 2. The van der Waals surface area contributed by atoms with Crippen LogP contribution in [0.2, 0.25) is 0 Å². The monoisotopic (exact) mass is 274 g/mol. The van der Waals surface area contributed by atoms with Crippen LogP contribution in [0.3, 0.4) is 0 Å². The maximum Gasteiger partial charge on any atom is 0.270 e. The summed E-state index contributed by atoms with van der Waals surface area (Å²) in [5, 5.41) is 3.63. The van der Waals surface area contributed by atoms with E-state index < -0.39 is 0 Å². The summed E-state index contributed by atoms with van der Waals surface area (Å²) >= 11 is 0. The highest BCUT2D eigenvalue weighted by Gasteiger charge is 2.31. The largest absolute Gasteiger partial charge is 0.371 e. The third kappa shape index (κ3) is 2.51. The first-order valence-electron chi connectivity index (χ1n) is 6.79. The van der Waals surface area contributed by atoms with Gasteiger partial charge in [0.05, 0.1) is 17.1 Å². The molecule has 3 rings (SSSR count). The summed E-state index contributed by atoms with van der Waals surface area (Å²) in [5.41, 5.74) is 0.981. The first-order chi connectivity index (χ1) is 9.55. The second kappa shape index (κ2) is 4.86. The minimum Gasteiger partial charge on any atom is -0.371 e. The summed E-state index contributed by atoms with van der Waals surface area (Å²) in [5.74, 6) is -0.190. The maximum atomic E-state index is 12.2. The van der Waals surface area contributed by atoms with Gasteiger partial charge >= 0.3 is 0 Å². The van der Waals surface area contributed by atoms with Gasteiger partial charge in [-0.25, -0.2) is 9.97 Å². The van der Waals surface area contributed by atoms with Crippen molar-refractivity contribution in [3.05, 3.63) is 24.3 Å². The van der Waals surface area contributed by atoms with Gasteiger partial charge in [0, 0.05) is 12.7 Å². The number of amides is 1. The van der Waals surface area contributed by atoms with Crippen LogP contribution in [0.25, 0.3) is 11.0 Å². The van der Waals surface area contributed by atoms with Crippen molar-refractivity contribution in [1.82, 2.24) is 20.3 Å². The van der Waals surface area contributed by atoms with Crippen molar-refractivity contribution in [2.45, 2.75) is 38.4 Å². The van der Waals surface area contributed by atoms with Gasteiger partial charge in [-0.1, -0.05) is 0 Å². The maximum absolute atomic E-state index is 12.2. The summed E-state index contributed by atoms with van der Waals surface area (Å²) in [4.78, 5) is 23.3. The van der Waals surface area contributed by atoms with Crippen molar-refractivity contribution < 1.29 is 9.53 Å². The Hall–Kier alpha value is -1.95. The van der Waals surface area contributed by atoms with E-state index in [-0.39, 0.29) is 17.6 Å². The molecule has 1 saturated heterocycles. The standard InChI is InChI=1S/C14H18N4O2/c1-14(2)5-3-9(20-14)7-16-13(19)11-10-4-6-15-12(10)18-8-17-11/h4,6,8-9H,3,5,7H2,1-2H3,(H,16,19)(H,15,17,18). The van der Waals surface area contributed by atoms with Crippen molar-refractivity contribution in [2.75, 3.05) is 6.54 Å². The molecule has 106 valence electrons. The van der Waals surface area contributed by atoms with Crippen LogP contribution in [0.1, 0.15) is 37.2 Å². The van der Waals surface area contributed by atoms with E-state index in [1.165, 1.54) is 6.33 Å². The first-order valence-corrected chi connectivity index (χ1v) is 6.79. The third-order valence-corrected chi connectivity index (χ3v) is 3.61. The van der Waals surface area contributed by atoms with Crippen LogP contribution >= 0.6 is 0 Å². The number of H-pyrrole nitrogens is 1. The van der Waals surface area contributed by atoms with E-state index in [0.717, 1.165) is 18.2 Å². The molecule has 3 heterocycles. The molecule has 1 aliphatic rings. The van der Waals surface area contributed by atoms with Crippen LogP contribution in [0.15, 0.2) is 18.6 Å². The van der Waals surface area contributed by atoms with Crippen molar-refractivity contribution in [3.63, 3.8) is 0 Å². The summed E-state index contributed by atoms with van der Waals surface area (Å²) in [7, 11) is 0. The molecule has 1 fully saturated rings. The van der Waals surface area contributed by atoms with Crippen LogP contribution in [0.5, 0.6) is 0 Å². The van der Waals surface area contributed by atoms with Crippen LogP contribution in [-0.4, -0.2) is 39.1 Å². The van der Waals surface area contributed by atoms with Gasteiger partial charge in [0.1, 0.15) is 17.7 Å². The van der Waals surface area contributed by atoms with E-state index in [0.29, 0.717) is 17.9 Å². The summed E-state index contributed by atoms with van der Waals surface area (Å²) in [6.45, 7) is 4.66. The van der Waals surface area contributed by atoms with Crippen molar-refractivity contribution in [3.8, 4) is 0 Å². The Morgan fingerprint density at radius 2 is 2.40 bits per heavy atom. The summed E-state index contributed by atoms with van der Waals surface area (Å²) < 4.78 is 5.85. The average Bonchev–Trinajstić information content (AvgIpc) is 3.01. The molecule has 0 bridgehead atoms. The predicted molar refractivity (Wildman–Crippen MR) is 74.4 cm³/mol. The zero-order chi connectivity index (χ0) is 14.2. The Morgan fingerprint density at radius 3 is 3.15 bits per heavy atom. The first kappa shape index (κ1) is 13.1. The highest BCUT2D eigenvalue weighted by molar-refractivity contribution is 6.03. The van der Waals surface area contributed by atoms with Crippen LogP contribution < -0.4 is 5.32 Å². The Balaban J connectivity index is 1.67. The molecule has 1 aliphatic heterocycles. The molecule has 2 aromatic rings. The number of hydrogen-bond acceptors (Lipinski definition) is 4. The van der Waals surface area contributed by atoms with Crippen molar-refractivity contribution >= 4 is 16.9 Å². The Kier molecular flexibility index (Phi) is 3.17. The average molecular weight is 274 g/mol. The van der Waals surface area contributed by atoms with Gasteiger partial charge in [0.25, 0.3) is 5.91 Å². The molecule has 2 aromatic heterocycles. The highest BCUT2D eigenvalue weighted by atomic mass is 16.5. The number of fused-ring (bicyclic) bond motifs is 1. The molecule has 0 aromatic carbocycles. The van der Waals surface area contributed by atoms with Gasteiger partial charge in [0.2, 0.25) is 0 Å². The van der Waals surface area contributed by atoms with Crippen LogP contribution in [0, 0.1) is 0 Å². The molecule has 1 unspecified atom stereocenters. The Morgan fingerprint density at radius 1 is 1.55 bits per heavy atom. The van der Waals surface area contributed by atoms with Gasteiger partial charge in [-0.3, -0.25) is 4.79 Å². The van der Waals surface area contributed by atoms with E-state index in [9.17, 15) is 4.79 Å². The fourth-order valence-electron chi connectivity index (χ4n) is 2.56. The number of carbonyl (C=O) groups excluding carboxylic acids is 1. The number of aromatic amines is 1.